The van der Waals surface area contributed by atoms with Crippen LogP contribution in [0.5, 0.6) is 0 Å². The molecule has 0 aliphatic carbocycles. The summed E-state index contributed by atoms with van der Waals surface area (Å²) in [4.78, 5) is 21.7. The van der Waals surface area contributed by atoms with Crippen LogP contribution < -0.4 is 0 Å². The van der Waals surface area contributed by atoms with Gasteiger partial charge in [0.2, 0.25) is 0 Å². The van der Waals surface area contributed by atoms with E-state index >= 15 is 0 Å². The van der Waals surface area contributed by atoms with Gasteiger partial charge in [-0.15, -0.1) is 0 Å². The molecule has 0 saturated heterocycles. The Bertz CT molecular complexity index is 939. The van der Waals surface area contributed by atoms with Crippen LogP contribution in [0.4, 0.5) is 5.69 Å². The first-order valence-corrected chi connectivity index (χ1v) is 7.39. The van der Waals surface area contributed by atoms with Crippen LogP contribution in [0.15, 0.2) is 71.1 Å². The summed E-state index contributed by atoms with van der Waals surface area (Å²) in [6, 6.07) is 18.0. The van der Waals surface area contributed by atoms with Gasteiger partial charge in [0.05, 0.1) is 10.5 Å². The molecule has 0 fully saturated rings. The van der Waals surface area contributed by atoms with Crippen LogP contribution >= 0.6 is 0 Å². The Hall–Kier alpha value is -3.67. The molecule has 3 rings (SSSR count). The highest BCUT2D eigenvalue weighted by atomic mass is 16.6. The molecule has 25 heavy (non-hydrogen) atoms. The van der Waals surface area contributed by atoms with Gasteiger partial charge in [0.1, 0.15) is 11.5 Å². The third-order valence-electron chi connectivity index (χ3n) is 3.59. The lowest BCUT2D eigenvalue weighted by atomic mass is 10.1. The highest BCUT2D eigenvalue weighted by molar-refractivity contribution is 6.20. The van der Waals surface area contributed by atoms with E-state index in [0.717, 1.165) is 0 Å². The van der Waals surface area contributed by atoms with Gasteiger partial charge in [0.25, 0.3) is 5.69 Å². The average Bonchev–Trinajstić information content (AvgIpc) is 3.09. The second-order valence-electron chi connectivity index (χ2n) is 5.24. The van der Waals surface area contributed by atoms with Gasteiger partial charge < -0.3 is 9.52 Å². The zero-order valence-corrected chi connectivity index (χ0v) is 13.0. The van der Waals surface area contributed by atoms with Crippen LogP contribution in [0.2, 0.25) is 0 Å². The van der Waals surface area contributed by atoms with E-state index in [2.05, 4.69) is 0 Å². The quantitative estimate of drug-likeness (QED) is 0.421. The van der Waals surface area contributed by atoms with Crippen molar-refractivity contribution in [1.29, 1.82) is 0 Å². The molecule has 0 aliphatic heterocycles. The van der Waals surface area contributed by atoms with E-state index in [4.69, 9.17) is 4.42 Å². The van der Waals surface area contributed by atoms with Crippen molar-refractivity contribution in [1.82, 2.24) is 0 Å². The van der Waals surface area contributed by atoms with Gasteiger partial charge in [0, 0.05) is 17.7 Å². The molecule has 6 nitrogen and oxygen atoms in total. The van der Waals surface area contributed by atoms with E-state index in [0.29, 0.717) is 22.6 Å². The van der Waals surface area contributed by atoms with Crippen molar-refractivity contribution in [3.05, 3.63) is 88.2 Å². The predicted molar refractivity (Wildman–Crippen MR) is 92.7 cm³/mol. The van der Waals surface area contributed by atoms with Crippen molar-refractivity contribution < 1.29 is 19.2 Å². The summed E-state index contributed by atoms with van der Waals surface area (Å²) in [6.07, 6.45) is 1.45. The number of nitrogens with zero attached hydrogens (tertiary/aromatic N) is 1. The van der Waals surface area contributed by atoms with Gasteiger partial charge in [-0.2, -0.15) is 0 Å². The topological polar surface area (TPSA) is 93.6 Å². The van der Waals surface area contributed by atoms with Crippen molar-refractivity contribution in [3.8, 4) is 11.3 Å². The number of rotatable bonds is 5. The molecule has 0 saturated carbocycles. The molecule has 1 heterocycles. The minimum Gasteiger partial charge on any atom is -0.478 e. The SMILES string of the molecule is O=C(O)C(=Cc1ccc(-c2ccc([N+](=O)[O-])cc2)o1)c1ccccc1. The summed E-state index contributed by atoms with van der Waals surface area (Å²) in [7, 11) is 0. The maximum atomic E-state index is 11.5. The summed E-state index contributed by atoms with van der Waals surface area (Å²) in [5.41, 5.74) is 1.35. The Morgan fingerprint density at radius 3 is 2.28 bits per heavy atom. The number of benzene rings is 2. The van der Waals surface area contributed by atoms with E-state index in [9.17, 15) is 20.0 Å². The number of aliphatic carboxylic acids is 1. The first kappa shape index (κ1) is 16.2. The fraction of sp³-hybridized carbons (Fsp3) is 0. The Morgan fingerprint density at radius 1 is 1.00 bits per heavy atom. The van der Waals surface area contributed by atoms with Crippen LogP contribution in [0, 0.1) is 10.1 Å². The van der Waals surface area contributed by atoms with Crippen molar-refractivity contribution in [3.63, 3.8) is 0 Å². The maximum absolute atomic E-state index is 11.5. The Morgan fingerprint density at radius 2 is 1.68 bits per heavy atom. The standard InChI is InChI=1S/C19H13NO5/c21-19(22)17(13-4-2-1-3-5-13)12-16-10-11-18(25-16)14-6-8-15(9-7-14)20(23)24/h1-12H,(H,21,22). The Balaban J connectivity index is 1.92. The molecule has 124 valence electrons. The summed E-state index contributed by atoms with van der Waals surface area (Å²) < 4.78 is 5.66. The molecule has 3 aromatic rings. The van der Waals surface area contributed by atoms with Gasteiger partial charge in [-0.3, -0.25) is 10.1 Å². The number of hydrogen-bond acceptors (Lipinski definition) is 4. The second-order valence-corrected chi connectivity index (χ2v) is 5.24. The van der Waals surface area contributed by atoms with Crippen LogP contribution in [0.1, 0.15) is 11.3 Å². The van der Waals surface area contributed by atoms with Crippen LogP contribution in [0.25, 0.3) is 23.0 Å². The average molecular weight is 335 g/mol. The van der Waals surface area contributed by atoms with Crippen molar-refractivity contribution >= 4 is 23.3 Å². The molecule has 0 bridgehead atoms. The fourth-order valence-corrected chi connectivity index (χ4v) is 2.36. The number of hydrogen-bond donors (Lipinski definition) is 1. The van der Waals surface area contributed by atoms with Crippen LogP contribution in [-0.4, -0.2) is 16.0 Å². The molecule has 0 atom stereocenters. The second kappa shape index (κ2) is 6.84. The molecule has 1 N–H and O–H groups in total. The van der Waals surface area contributed by atoms with E-state index in [1.807, 2.05) is 6.07 Å². The van der Waals surface area contributed by atoms with E-state index < -0.39 is 10.9 Å². The first-order valence-electron chi connectivity index (χ1n) is 7.39. The zero-order chi connectivity index (χ0) is 17.8. The summed E-state index contributed by atoms with van der Waals surface area (Å²) in [6.45, 7) is 0. The maximum Gasteiger partial charge on any atom is 0.336 e. The molecular formula is C19H13NO5. The number of nitro groups is 1. The summed E-state index contributed by atoms with van der Waals surface area (Å²) in [5, 5.41) is 20.1. The number of nitro benzene ring substituents is 1. The van der Waals surface area contributed by atoms with E-state index in [1.54, 1.807) is 48.5 Å². The monoisotopic (exact) mass is 335 g/mol. The third-order valence-corrected chi connectivity index (χ3v) is 3.59. The molecule has 0 radical (unpaired) electrons. The predicted octanol–water partition coefficient (Wildman–Crippen LogP) is 4.48. The normalized spacial score (nSPS) is 11.3. The van der Waals surface area contributed by atoms with Crippen molar-refractivity contribution in [2.75, 3.05) is 0 Å². The van der Waals surface area contributed by atoms with Gasteiger partial charge in [-0.05, 0) is 35.9 Å². The van der Waals surface area contributed by atoms with Gasteiger partial charge in [-0.1, -0.05) is 30.3 Å². The number of carboxylic acid groups (broad SMARTS) is 1. The summed E-state index contributed by atoms with van der Waals surface area (Å²) >= 11 is 0. The molecule has 0 aliphatic rings. The largest absolute Gasteiger partial charge is 0.478 e. The minimum atomic E-state index is -1.06. The fourth-order valence-electron chi connectivity index (χ4n) is 2.36. The zero-order valence-electron chi connectivity index (χ0n) is 13.0. The van der Waals surface area contributed by atoms with Crippen LogP contribution in [-0.2, 0) is 4.79 Å². The number of furan rings is 1. The Labute approximate surface area is 142 Å². The number of carboxylic acids is 1. The summed E-state index contributed by atoms with van der Waals surface area (Å²) in [5.74, 6) is -0.173. The molecule has 0 amide bonds. The lowest BCUT2D eigenvalue weighted by Gasteiger charge is -2.01. The molecule has 1 aromatic heterocycles. The first-order chi connectivity index (χ1) is 12.0. The molecule has 0 unspecified atom stereocenters. The van der Waals surface area contributed by atoms with Gasteiger partial charge in [0.15, 0.2) is 0 Å². The van der Waals surface area contributed by atoms with Gasteiger partial charge >= 0.3 is 5.97 Å². The third kappa shape index (κ3) is 3.64. The van der Waals surface area contributed by atoms with Crippen molar-refractivity contribution in [2.24, 2.45) is 0 Å². The lowest BCUT2D eigenvalue weighted by Crippen LogP contribution is -1.99. The number of carbonyl (C=O) groups is 1. The minimum absolute atomic E-state index is 0.00679. The Kier molecular flexibility index (Phi) is 4.43. The highest BCUT2D eigenvalue weighted by Gasteiger charge is 2.12. The number of non-ortho nitro benzene ring substituents is 1. The van der Waals surface area contributed by atoms with E-state index in [1.165, 1.54) is 18.2 Å². The molecule has 2 aromatic carbocycles. The molecular weight excluding hydrogens is 322 g/mol. The molecule has 6 heteroatoms. The highest BCUT2D eigenvalue weighted by Crippen LogP contribution is 2.27. The smallest absolute Gasteiger partial charge is 0.336 e. The van der Waals surface area contributed by atoms with Crippen LogP contribution in [0.3, 0.4) is 0 Å². The van der Waals surface area contributed by atoms with Crippen molar-refractivity contribution in [2.45, 2.75) is 0 Å². The lowest BCUT2D eigenvalue weighted by molar-refractivity contribution is -0.384. The molecule has 0 spiro atoms. The van der Waals surface area contributed by atoms with E-state index in [-0.39, 0.29) is 11.3 Å². The van der Waals surface area contributed by atoms with Gasteiger partial charge in [-0.25, -0.2) is 4.79 Å².